The van der Waals surface area contributed by atoms with Crippen molar-refractivity contribution >= 4 is 17.7 Å². The number of anilines is 1. The van der Waals surface area contributed by atoms with Crippen molar-refractivity contribution in [2.75, 3.05) is 18.0 Å². The molecule has 0 radical (unpaired) electrons. The average Bonchev–Trinajstić information content (AvgIpc) is 3.13. The van der Waals surface area contributed by atoms with E-state index in [1.54, 1.807) is 30.6 Å². The van der Waals surface area contributed by atoms with Crippen molar-refractivity contribution in [1.29, 1.82) is 0 Å². The summed E-state index contributed by atoms with van der Waals surface area (Å²) in [5.74, 6) is -0.702. The molecule has 0 aliphatic carbocycles. The number of nitrogens with zero attached hydrogens (tertiary/aromatic N) is 3. The highest BCUT2D eigenvalue weighted by molar-refractivity contribution is 5.90. The summed E-state index contributed by atoms with van der Waals surface area (Å²) in [6, 6.07) is 13.6. The van der Waals surface area contributed by atoms with Crippen LogP contribution in [0.4, 0.5) is 14.9 Å². The first-order chi connectivity index (χ1) is 14.5. The van der Waals surface area contributed by atoms with Gasteiger partial charge in [-0.3, -0.25) is 14.7 Å². The van der Waals surface area contributed by atoms with Crippen LogP contribution in [-0.2, 0) is 9.53 Å². The Labute approximate surface area is 172 Å². The molecule has 1 atom stereocenters. The summed E-state index contributed by atoms with van der Waals surface area (Å²) in [5, 5.41) is 2.61. The van der Waals surface area contributed by atoms with Crippen LogP contribution in [0.1, 0.15) is 6.92 Å². The molecule has 2 aromatic heterocycles. The molecule has 7 nitrogen and oxygen atoms in total. The average molecular weight is 406 g/mol. The number of hydrogen-bond acceptors (Lipinski definition) is 5. The fourth-order valence-corrected chi connectivity index (χ4v) is 3.24. The smallest absolute Gasteiger partial charge is 0.414 e. The van der Waals surface area contributed by atoms with Crippen LogP contribution < -0.4 is 10.2 Å². The first-order valence-electron chi connectivity index (χ1n) is 9.41. The number of nitrogens with one attached hydrogen (secondary N) is 1. The number of carbonyl (C=O) groups excluding carboxylic acids is 2. The molecule has 1 N–H and O–H groups in total. The Hall–Kier alpha value is -3.81. The highest BCUT2D eigenvalue weighted by atomic mass is 19.1. The maximum absolute atomic E-state index is 14.9. The third kappa shape index (κ3) is 4.12. The van der Waals surface area contributed by atoms with E-state index >= 15 is 0 Å². The highest BCUT2D eigenvalue weighted by Crippen LogP contribution is 2.29. The molecule has 0 spiro atoms. The molecule has 1 aromatic carbocycles. The van der Waals surface area contributed by atoms with E-state index in [4.69, 9.17) is 4.74 Å². The molecule has 4 rings (SSSR count). The Balaban J connectivity index is 1.56. The fourth-order valence-electron chi connectivity index (χ4n) is 3.24. The van der Waals surface area contributed by atoms with Gasteiger partial charge in [0.1, 0.15) is 11.9 Å². The quantitative estimate of drug-likeness (QED) is 0.702. The zero-order valence-electron chi connectivity index (χ0n) is 16.2. The Morgan fingerprint density at radius 3 is 2.70 bits per heavy atom. The summed E-state index contributed by atoms with van der Waals surface area (Å²) in [4.78, 5) is 33.1. The van der Waals surface area contributed by atoms with Crippen LogP contribution in [0, 0.1) is 5.82 Å². The number of hydrogen-bond donors (Lipinski definition) is 1. The number of rotatable bonds is 5. The topological polar surface area (TPSA) is 84.4 Å². The van der Waals surface area contributed by atoms with Gasteiger partial charge < -0.3 is 10.1 Å². The normalized spacial score (nSPS) is 15.7. The molecule has 0 bridgehead atoms. The minimum absolute atomic E-state index is 0.207. The molecule has 0 saturated carbocycles. The zero-order valence-corrected chi connectivity index (χ0v) is 16.2. The van der Waals surface area contributed by atoms with E-state index in [0.29, 0.717) is 22.6 Å². The van der Waals surface area contributed by atoms with Crippen LogP contribution in [0.15, 0.2) is 60.9 Å². The molecule has 1 fully saturated rings. The van der Waals surface area contributed by atoms with E-state index in [-0.39, 0.29) is 19.0 Å². The molecule has 1 aliphatic rings. The number of halogens is 1. The highest BCUT2D eigenvalue weighted by Gasteiger charge is 2.32. The van der Waals surface area contributed by atoms with Crippen molar-refractivity contribution in [1.82, 2.24) is 15.3 Å². The van der Waals surface area contributed by atoms with Crippen LogP contribution in [0.5, 0.6) is 0 Å². The van der Waals surface area contributed by atoms with E-state index in [1.165, 1.54) is 17.9 Å². The minimum Gasteiger partial charge on any atom is -0.442 e. The van der Waals surface area contributed by atoms with Gasteiger partial charge in [0, 0.05) is 30.4 Å². The second-order valence-electron chi connectivity index (χ2n) is 6.86. The third-order valence-corrected chi connectivity index (χ3v) is 4.72. The lowest BCUT2D eigenvalue weighted by Gasteiger charge is -2.14. The molecule has 1 saturated heterocycles. The number of carbonyl (C=O) groups is 2. The summed E-state index contributed by atoms with van der Waals surface area (Å²) < 4.78 is 20.1. The summed E-state index contributed by atoms with van der Waals surface area (Å²) in [7, 11) is 0. The van der Waals surface area contributed by atoms with Crippen LogP contribution >= 0.6 is 0 Å². The van der Waals surface area contributed by atoms with Crippen LogP contribution in [0.25, 0.3) is 22.5 Å². The monoisotopic (exact) mass is 406 g/mol. The number of pyridine rings is 2. The number of benzene rings is 1. The minimum atomic E-state index is -0.574. The van der Waals surface area contributed by atoms with Gasteiger partial charge in [0.2, 0.25) is 5.91 Å². The van der Waals surface area contributed by atoms with Crippen molar-refractivity contribution in [3.8, 4) is 22.5 Å². The van der Waals surface area contributed by atoms with Gasteiger partial charge >= 0.3 is 6.09 Å². The molecular formula is C22H19FN4O3. The number of aromatic nitrogens is 2. The summed E-state index contributed by atoms with van der Waals surface area (Å²) >= 11 is 0. The molecule has 0 unspecified atom stereocenters. The molecular weight excluding hydrogens is 387 g/mol. The van der Waals surface area contributed by atoms with Gasteiger partial charge in [-0.15, -0.1) is 0 Å². The second kappa shape index (κ2) is 8.28. The summed E-state index contributed by atoms with van der Waals surface area (Å²) in [6.45, 7) is 1.83. The fraction of sp³-hybridized carbons (Fsp3) is 0.182. The van der Waals surface area contributed by atoms with E-state index in [2.05, 4.69) is 15.3 Å². The number of amides is 2. The molecule has 3 aromatic rings. The van der Waals surface area contributed by atoms with E-state index in [9.17, 15) is 14.0 Å². The van der Waals surface area contributed by atoms with Crippen molar-refractivity contribution in [3.63, 3.8) is 0 Å². The standard InChI is InChI=1S/C22H19FN4O3/c1-14(28)25-12-17-13-27(22(29)30-17)16-5-6-18(19(23)11-16)21-4-2-3-20(26-21)15-7-9-24-10-8-15/h2-11,17H,12-13H2,1H3,(H,25,28)/t17-/m0/s1. The largest absolute Gasteiger partial charge is 0.442 e. The number of cyclic esters (lactones) is 1. The van der Waals surface area contributed by atoms with Gasteiger partial charge in [-0.2, -0.15) is 0 Å². The van der Waals surface area contributed by atoms with Gasteiger partial charge in [-0.25, -0.2) is 14.2 Å². The van der Waals surface area contributed by atoms with Crippen molar-refractivity contribution in [2.24, 2.45) is 0 Å². The molecule has 1 aliphatic heterocycles. The second-order valence-corrected chi connectivity index (χ2v) is 6.86. The number of ether oxygens (including phenoxy) is 1. The molecule has 2 amide bonds. The van der Waals surface area contributed by atoms with E-state index in [0.717, 1.165) is 5.56 Å². The predicted octanol–water partition coefficient (Wildman–Crippen LogP) is 3.41. The molecule has 8 heteroatoms. The SMILES string of the molecule is CC(=O)NC[C@H]1CN(c2ccc(-c3cccc(-c4ccncc4)n3)c(F)c2)C(=O)O1. The molecule has 30 heavy (non-hydrogen) atoms. The maximum atomic E-state index is 14.9. The van der Waals surface area contributed by atoms with Gasteiger partial charge in [0.25, 0.3) is 0 Å². The van der Waals surface area contributed by atoms with Gasteiger partial charge in [0.15, 0.2) is 0 Å². The molecule has 3 heterocycles. The molecule has 152 valence electrons. The summed E-state index contributed by atoms with van der Waals surface area (Å²) in [5.41, 5.74) is 2.80. The predicted molar refractivity (Wildman–Crippen MR) is 109 cm³/mol. The van der Waals surface area contributed by atoms with Gasteiger partial charge in [0.05, 0.1) is 30.2 Å². The van der Waals surface area contributed by atoms with E-state index < -0.39 is 18.0 Å². The summed E-state index contributed by atoms with van der Waals surface area (Å²) in [6.07, 6.45) is 2.29. The van der Waals surface area contributed by atoms with Gasteiger partial charge in [-0.05, 0) is 42.5 Å². The lowest BCUT2D eigenvalue weighted by atomic mass is 10.1. The van der Waals surface area contributed by atoms with Crippen molar-refractivity contribution in [2.45, 2.75) is 13.0 Å². The first kappa shape index (κ1) is 19.5. The van der Waals surface area contributed by atoms with Crippen LogP contribution in [0.2, 0.25) is 0 Å². The third-order valence-electron chi connectivity index (χ3n) is 4.72. The first-order valence-corrected chi connectivity index (χ1v) is 9.41. The Morgan fingerprint density at radius 2 is 1.97 bits per heavy atom. The lowest BCUT2D eigenvalue weighted by molar-refractivity contribution is -0.119. The lowest BCUT2D eigenvalue weighted by Crippen LogP contribution is -2.33. The maximum Gasteiger partial charge on any atom is 0.414 e. The Morgan fingerprint density at radius 1 is 1.20 bits per heavy atom. The van der Waals surface area contributed by atoms with Crippen molar-refractivity contribution < 1.29 is 18.7 Å². The van der Waals surface area contributed by atoms with Crippen LogP contribution in [0.3, 0.4) is 0 Å². The zero-order chi connectivity index (χ0) is 21.1. The van der Waals surface area contributed by atoms with E-state index in [1.807, 2.05) is 24.3 Å². The van der Waals surface area contributed by atoms with Gasteiger partial charge in [-0.1, -0.05) is 6.07 Å². The Bertz CT molecular complexity index is 1090. The van der Waals surface area contributed by atoms with Crippen molar-refractivity contribution in [3.05, 3.63) is 66.7 Å². The Kier molecular flexibility index (Phi) is 5.38. The van der Waals surface area contributed by atoms with Crippen LogP contribution in [-0.4, -0.2) is 41.2 Å².